The first-order chi connectivity index (χ1) is 12.7. The Labute approximate surface area is 164 Å². The Bertz CT molecular complexity index is 759. The zero-order chi connectivity index (χ0) is 20.0. The van der Waals surface area contributed by atoms with E-state index in [1.165, 1.54) is 25.6 Å². The molecular formula is C20H34N4O2S. The number of benzene rings is 1. The molecule has 1 heterocycles. The summed E-state index contributed by atoms with van der Waals surface area (Å²) in [6.07, 6.45) is 3.74. The summed E-state index contributed by atoms with van der Waals surface area (Å²) in [5.74, 6) is 1.41. The van der Waals surface area contributed by atoms with Crippen LogP contribution in [0.4, 0.5) is 0 Å². The summed E-state index contributed by atoms with van der Waals surface area (Å²) >= 11 is 0. The molecule has 1 fully saturated rings. The number of rotatable bonds is 6. The Hall–Kier alpha value is -1.60. The number of nitrogens with one attached hydrogen (secondary N) is 2. The maximum atomic E-state index is 11.7. The van der Waals surface area contributed by atoms with Gasteiger partial charge in [0.15, 0.2) is 15.8 Å². The maximum Gasteiger partial charge on any atom is 0.191 e. The van der Waals surface area contributed by atoms with Crippen molar-refractivity contribution in [3.8, 4) is 0 Å². The highest BCUT2D eigenvalue weighted by Crippen LogP contribution is 2.18. The summed E-state index contributed by atoms with van der Waals surface area (Å²) in [5, 5.41) is 6.76. The van der Waals surface area contributed by atoms with Crippen molar-refractivity contribution in [2.24, 2.45) is 10.9 Å². The predicted octanol–water partition coefficient (Wildman–Crippen LogP) is 2.18. The lowest BCUT2D eigenvalue weighted by Crippen LogP contribution is -2.45. The molecule has 0 bridgehead atoms. The van der Waals surface area contributed by atoms with E-state index in [4.69, 9.17) is 0 Å². The standard InChI is InChI=1S/C20H34N4O2S/c1-15(2)24-10-6-7-18(14-24)13-23-20(21-4)22-12-17-8-9-19(16(3)11-17)27(5,25)26/h8-9,11,15,18H,6-7,10,12-14H2,1-5H3,(H2,21,22,23). The van der Waals surface area contributed by atoms with Gasteiger partial charge < -0.3 is 15.5 Å². The molecular weight excluding hydrogens is 360 g/mol. The average Bonchev–Trinajstić information content (AvgIpc) is 2.61. The van der Waals surface area contributed by atoms with E-state index in [9.17, 15) is 8.42 Å². The van der Waals surface area contributed by atoms with Crippen molar-refractivity contribution in [3.63, 3.8) is 0 Å². The summed E-state index contributed by atoms with van der Waals surface area (Å²) in [6, 6.07) is 6.05. The molecule has 27 heavy (non-hydrogen) atoms. The van der Waals surface area contributed by atoms with E-state index in [0.29, 0.717) is 23.4 Å². The smallest absolute Gasteiger partial charge is 0.191 e. The van der Waals surface area contributed by atoms with E-state index in [2.05, 4.69) is 34.4 Å². The number of hydrogen-bond donors (Lipinski definition) is 2. The fourth-order valence-electron chi connectivity index (χ4n) is 3.62. The number of aliphatic imine (C=N–C) groups is 1. The second-order valence-corrected chi connectivity index (χ2v) is 9.76. The Kier molecular flexibility index (Phi) is 7.68. The van der Waals surface area contributed by atoms with E-state index >= 15 is 0 Å². The Morgan fingerprint density at radius 2 is 2.07 bits per heavy atom. The number of aryl methyl sites for hydroxylation is 1. The first-order valence-corrected chi connectivity index (χ1v) is 11.6. The van der Waals surface area contributed by atoms with Crippen LogP contribution in [0, 0.1) is 12.8 Å². The average molecular weight is 395 g/mol. The van der Waals surface area contributed by atoms with Crippen LogP contribution in [0.25, 0.3) is 0 Å². The van der Waals surface area contributed by atoms with E-state index in [-0.39, 0.29) is 0 Å². The molecule has 0 radical (unpaired) electrons. The number of likely N-dealkylation sites (tertiary alicyclic amines) is 1. The van der Waals surface area contributed by atoms with Crippen LogP contribution in [0.5, 0.6) is 0 Å². The molecule has 0 aromatic heterocycles. The van der Waals surface area contributed by atoms with Crippen LogP contribution in [0.2, 0.25) is 0 Å². The van der Waals surface area contributed by atoms with E-state index in [1.54, 1.807) is 13.1 Å². The number of hydrogen-bond acceptors (Lipinski definition) is 4. The lowest BCUT2D eigenvalue weighted by molar-refractivity contribution is 0.141. The van der Waals surface area contributed by atoms with Gasteiger partial charge in [-0.2, -0.15) is 0 Å². The lowest BCUT2D eigenvalue weighted by atomic mass is 9.97. The number of sulfone groups is 1. The van der Waals surface area contributed by atoms with E-state index in [1.807, 2.05) is 19.1 Å². The van der Waals surface area contributed by atoms with Gasteiger partial charge in [-0.05, 0) is 63.3 Å². The highest BCUT2D eigenvalue weighted by Gasteiger charge is 2.21. The number of piperidine rings is 1. The van der Waals surface area contributed by atoms with Gasteiger partial charge in [-0.1, -0.05) is 12.1 Å². The molecule has 7 heteroatoms. The number of guanidine groups is 1. The predicted molar refractivity (Wildman–Crippen MR) is 112 cm³/mol. The van der Waals surface area contributed by atoms with Gasteiger partial charge in [-0.3, -0.25) is 4.99 Å². The third-order valence-electron chi connectivity index (χ3n) is 5.16. The summed E-state index contributed by atoms with van der Waals surface area (Å²) in [7, 11) is -1.41. The van der Waals surface area contributed by atoms with Crippen LogP contribution >= 0.6 is 0 Å². The minimum atomic E-state index is -3.18. The van der Waals surface area contributed by atoms with Crippen LogP contribution in [-0.4, -0.2) is 58.3 Å². The van der Waals surface area contributed by atoms with Gasteiger partial charge in [0.2, 0.25) is 0 Å². The summed E-state index contributed by atoms with van der Waals surface area (Å²) in [5.41, 5.74) is 1.81. The number of nitrogens with zero attached hydrogens (tertiary/aromatic N) is 2. The summed E-state index contributed by atoms with van der Waals surface area (Å²) < 4.78 is 23.5. The minimum Gasteiger partial charge on any atom is -0.356 e. The molecule has 1 aromatic rings. The van der Waals surface area contributed by atoms with Gasteiger partial charge in [0.1, 0.15) is 0 Å². The van der Waals surface area contributed by atoms with Crippen molar-refractivity contribution in [3.05, 3.63) is 29.3 Å². The zero-order valence-corrected chi connectivity index (χ0v) is 18.1. The first-order valence-electron chi connectivity index (χ1n) is 9.69. The second-order valence-electron chi connectivity index (χ2n) is 7.78. The highest BCUT2D eigenvalue weighted by molar-refractivity contribution is 7.90. The second kappa shape index (κ2) is 9.55. The van der Waals surface area contributed by atoms with Crippen LogP contribution in [-0.2, 0) is 16.4 Å². The topological polar surface area (TPSA) is 73.8 Å². The normalized spacial score (nSPS) is 19.3. The third-order valence-corrected chi connectivity index (χ3v) is 6.42. The fourth-order valence-corrected chi connectivity index (χ4v) is 4.58. The van der Waals surface area contributed by atoms with Crippen molar-refractivity contribution in [1.82, 2.24) is 15.5 Å². The van der Waals surface area contributed by atoms with Crippen LogP contribution in [0.3, 0.4) is 0 Å². The van der Waals surface area contributed by atoms with Crippen LogP contribution < -0.4 is 10.6 Å². The molecule has 0 spiro atoms. The molecule has 0 aliphatic carbocycles. The fraction of sp³-hybridized carbons (Fsp3) is 0.650. The SMILES string of the molecule is CN=C(NCc1ccc(S(C)(=O)=O)c(C)c1)NCC1CCCN(C(C)C)C1. The molecule has 1 atom stereocenters. The highest BCUT2D eigenvalue weighted by atomic mass is 32.2. The van der Waals surface area contributed by atoms with Crippen molar-refractivity contribution in [2.45, 2.75) is 51.1 Å². The van der Waals surface area contributed by atoms with Crippen molar-refractivity contribution >= 4 is 15.8 Å². The minimum absolute atomic E-state index is 0.390. The van der Waals surface area contributed by atoms with Crippen LogP contribution in [0.1, 0.15) is 37.8 Å². The van der Waals surface area contributed by atoms with Gasteiger partial charge in [0.05, 0.1) is 4.90 Å². The summed E-state index contributed by atoms with van der Waals surface area (Å²) in [6.45, 7) is 10.2. The lowest BCUT2D eigenvalue weighted by Gasteiger charge is -2.35. The molecule has 1 aliphatic heterocycles. The largest absolute Gasteiger partial charge is 0.356 e. The van der Waals surface area contributed by atoms with Gasteiger partial charge >= 0.3 is 0 Å². The first kappa shape index (κ1) is 21.7. The molecule has 2 rings (SSSR count). The van der Waals surface area contributed by atoms with Gasteiger partial charge in [-0.15, -0.1) is 0 Å². The van der Waals surface area contributed by atoms with Crippen molar-refractivity contribution < 1.29 is 8.42 Å². The zero-order valence-electron chi connectivity index (χ0n) is 17.2. The van der Waals surface area contributed by atoms with Gasteiger partial charge in [0, 0.05) is 39.0 Å². The monoisotopic (exact) mass is 394 g/mol. The molecule has 1 unspecified atom stereocenters. The summed E-state index contributed by atoms with van der Waals surface area (Å²) in [4.78, 5) is 7.24. The Balaban J connectivity index is 1.86. The van der Waals surface area contributed by atoms with E-state index < -0.39 is 9.84 Å². The molecule has 1 aliphatic rings. The molecule has 6 nitrogen and oxygen atoms in total. The molecule has 1 saturated heterocycles. The molecule has 0 saturated carbocycles. The Morgan fingerprint density at radius 3 is 2.67 bits per heavy atom. The maximum absolute atomic E-state index is 11.7. The van der Waals surface area contributed by atoms with Crippen molar-refractivity contribution in [2.75, 3.05) is 32.9 Å². The molecule has 0 amide bonds. The van der Waals surface area contributed by atoms with E-state index in [0.717, 1.165) is 30.2 Å². The quantitative estimate of drug-likeness (QED) is 0.571. The molecule has 152 valence electrons. The third kappa shape index (κ3) is 6.50. The van der Waals surface area contributed by atoms with Crippen LogP contribution in [0.15, 0.2) is 28.1 Å². The molecule has 1 aromatic carbocycles. The molecule has 2 N–H and O–H groups in total. The van der Waals surface area contributed by atoms with Crippen molar-refractivity contribution in [1.29, 1.82) is 0 Å². The van der Waals surface area contributed by atoms with Gasteiger partial charge in [0.25, 0.3) is 0 Å². The van der Waals surface area contributed by atoms with Gasteiger partial charge in [-0.25, -0.2) is 8.42 Å². The Morgan fingerprint density at radius 1 is 1.33 bits per heavy atom.